The minimum atomic E-state index is 0.802. The Labute approximate surface area is 131 Å². The molecule has 0 N–H and O–H groups in total. The summed E-state index contributed by atoms with van der Waals surface area (Å²) in [6.45, 7) is 9.17. The first-order valence-electron chi connectivity index (χ1n) is 7.40. The molecule has 0 saturated carbocycles. The van der Waals surface area contributed by atoms with Crippen molar-refractivity contribution < 1.29 is 4.42 Å². The number of furan rings is 1. The zero-order valence-corrected chi connectivity index (χ0v) is 13.4. The fourth-order valence-electron chi connectivity index (χ4n) is 2.79. The molecule has 3 rings (SSSR count). The van der Waals surface area contributed by atoms with E-state index < -0.39 is 0 Å². The zero-order valence-electron chi connectivity index (χ0n) is 12.6. The fraction of sp³-hybridized carbons (Fsp3) is 0.412. The Bertz CT molecular complexity index is 596. The van der Waals surface area contributed by atoms with Gasteiger partial charge in [-0.05, 0) is 43.7 Å². The van der Waals surface area contributed by atoms with Crippen molar-refractivity contribution in [1.82, 2.24) is 4.90 Å². The Morgan fingerprint density at radius 3 is 2.48 bits per heavy atom. The first kappa shape index (κ1) is 14.5. The molecule has 2 aromatic rings. The molecule has 0 amide bonds. The van der Waals surface area contributed by atoms with E-state index in [1.807, 2.05) is 25.1 Å². The molecule has 21 heavy (non-hydrogen) atoms. The number of hydrogen-bond acceptors (Lipinski definition) is 3. The van der Waals surface area contributed by atoms with Gasteiger partial charge in [-0.15, -0.1) is 0 Å². The number of aryl methyl sites for hydroxylation is 2. The van der Waals surface area contributed by atoms with Crippen LogP contribution in [0.4, 0.5) is 5.69 Å². The molecule has 1 fully saturated rings. The smallest absolute Gasteiger partial charge is 0.118 e. The lowest BCUT2D eigenvalue weighted by molar-refractivity contribution is 0.229. The van der Waals surface area contributed by atoms with Gasteiger partial charge in [0.05, 0.1) is 6.54 Å². The number of rotatable bonds is 3. The van der Waals surface area contributed by atoms with Gasteiger partial charge in [-0.3, -0.25) is 4.90 Å². The lowest BCUT2D eigenvalue weighted by Gasteiger charge is -2.35. The van der Waals surface area contributed by atoms with Crippen LogP contribution in [0.1, 0.15) is 17.1 Å². The molecular formula is C17H21ClN2O. The minimum Gasteiger partial charge on any atom is -0.465 e. The third-order valence-corrected chi connectivity index (χ3v) is 4.38. The summed E-state index contributed by atoms with van der Waals surface area (Å²) in [6.07, 6.45) is 0. The fourth-order valence-corrected chi connectivity index (χ4v) is 2.97. The second-order valence-electron chi connectivity index (χ2n) is 5.69. The summed E-state index contributed by atoms with van der Waals surface area (Å²) >= 11 is 6.07. The molecule has 1 aliphatic rings. The Morgan fingerprint density at radius 2 is 1.86 bits per heavy atom. The maximum absolute atomic E-state index is 6.07. The molecule has 0 radical (unpaired) electrons. The van der Waals surface area contributed by atoms with E-state index in [4.69, 9.17) is 16.0 Å². The highest BCUT2D eigenvalue weighted by atomic mass is 35.5. The molecule has 0 spiro atoms. The van der Waals surface area contributed by atoms with Gasteiger partial charge in [-0.1, -0.05) is 17.7 Å². The second kappa shape index (κ2) is 6.12. The van der Waals surface area contributed by atoms with Gasteiger partial charge < -0.3 is 9.32 Å². The number of anilines is 1. The van der Waals surface area contributed by atoms with Crippen LogP contribution in [0.2, 0.25) is 5.02 Å². The van der Waals surface area contributed by atoms with Crippen molar-refractivity contribution in [2.24, 2.45) is 0 Å². The third-order valence-electron chi connectivity index (χ3n) is 4.14. The highest BCUT2D eigenvalue weighted by Crippen LogP contribution is 2.22. The van der Waals surface area contributed by atoms with Gasteiger partial charge in [-0.2, -0.15) is 0 Å². The van der Waals surface area contributed by atoms with Crippen LogP contribution in [-0.2, 0) is 6.54 Å². The van der Waals surface area contributed by atoms with Crippen LogP contribution in [0.3, 0.4) is 0 Å². The zero-order chi connectivity index (χ0) is 14.8. The normalized spacial score (nSPS) is 16.4. The van der Waals surface area contributed by atoms with E-state index in [1.54, 1.807) is 0 Å². The van der Waals surface area contributed by atoms with E-state index in [9.17, 15) is 0 Å². The van der Waals surface area contributed by atoms with E-state index in [-0.39, 0.29) is 0 Å². The first-order chi connectivity index (χ1) is 10.1. The molecule has 0 atom stereocenters. The van der Waals surface area contributed by atoms with Crippen molar-refractivity contribution >= 4 is 17.3 Å². The lowest BCUT2D eigenvalue weighted by atomic mass is 10.2. The van der Waals surface area contributed by atoms with E-state index in [1.165, 1.54) is 11.3 Å². The summed E-state index contributed by atoms with van der Waals surface area (Å²) in [5.41, 5.74) is 2.45. The standard InChI is InChI=1S/C17H21ClN2O/c1-13-10-17(21-14(13)2)12-19-6-8-20(9-7-19)16-5-3-4-15(18)11-16/h3-5,10-11H,6-9,12H2,1-2H3. The van der Waals surface area contributed by atoms with Gasteiger partial charge in [-0.25, -0.2) is 0 Å². The van der Waals surface area contributed by atoms with E-state index in [2.05, 4.69) is 28.9 Å². The largest absolute Gasteiger partial charge is 0.465 e. The van der Waals surface area contributed by atoms with Gasteiger partial charge >= 0.3 is 0 Å². The maximum Gasteiger partial charge on any atom is 0.118 e. The average Bonchev–Trinajstić information content (AvgIpc) is 2.78. The molecule has 3 nitrogen and oxygen atoms in total. The number of nitrogens with zero attached hydrogens (tertiary/aromatic N) is 2. The quantitative estimate of drug-likeness (QED) is 0.858. The Morgan fingerprint density at radius 1 is 1.10 bits per heavy atom. The van der Waals surface area contributed by atoms with Gasteiger partial charge in [0.15, 0.2) is 0 Å². The topological polar surface area (TPSA) is 19.6 Å². The van der Waals surface area contributed by atoms with Crippen LogP contribution in [0.5, 0.6) is 0 Å². The Hall–Kier alpha value is -1.45. The van der Waals surface area contributed by atoms with Gasteiger partial charge in [0, 0.05) is 36.9 Å². The van der Waals surface area contributed by atoms with Crippen LogP contribution < -0.4 is 4.90 Å². The van der Waals surface area contributed by atoms with Crippen LogP contribution in [0, 0.1) is 13.8 Å². The SMILES string of the molecule is Cc1cc(CN2CCN(c3cccc(Cl)c3)CC2)oc1C. The summed E-state index contributed by atoms with van der Waals surface area (Å²) in [5, 5.41) is 0.802. The molecule has 2 heterocycles. The first-order valence-corrected chi connectivity index (χ1v) is 7.78. The van der Waals surface area contributed by atoms with E-state index in [0.29, 0.717) is 0 Å². The third kappa shape index (κ3) is 3.42. The maximum atomic E-state index is 6.07. The summed E-state index contributed by atoms with van der Waals surface area (Å²) in [7, 11) is 0. The molecule has 4 heteroatoms. The van der Waals surface area contributed by atoms with Gasteiger partial charge in [0.1, 0.15) is 11.5 Å². The minimum absolute atomic E-state index is 0.802. The van der Waals surface area contributed by atoms with Crippen LogP contribution in [0.15, 0.2) is 34.7 Å². The van der Waals surface area contributed by atoms with Crippen molar-refractivity contribution in [3.8, 4) is 0 Å². The number of halogens is 1. The van der Waals surface area contributed by atoms with E-state index >= 15 is 0 Å². The molecule has 0 bridgehead atoms. The highest BCUT2D eigenvalue weighted by Gasteiger charge is 2.18. The van der Waals surface area contributed by atoms with Crippen molar-refractivity contribution in [2.75, 3.05) is 31.1 Å². The summed E-state index contributed by atoms with van der Waals surface area (Å²) in [5.74, 6) is 2.10. The van der Waals surface area contributed by atoms with Gasteiger partial charge in [0.2, 0.25) is 0 Å². The van der Waals surface area contributed by atoms with Crippen LogP contribution in [0.25, 0.3) is 0 Å². The molecule has 0 aliphatic carbocycles. The number of hydrogen-bond donors (Lipinski definition) is 0. The van der Waals surface area contributed by atoms with E-state index in [0.717, 1.165) is 49.3 Å². The van der Waals surface area contributed by atoms with Crippen LogP contribution in [-0.4, -0.2) is 31.1 Å². The molecule has 1 aliphatic heterocycles. The van der Waals surface area contributed by atoms with Gasteiger partial charge in [0.25, 0.3) is 0 Å². The summed E-state index contributed by atoms with van der Waals surface area (Å²) in [6, 6.07) is 10.2. The highest BCUT2D eigenvalue weighted by molar-refractivity contribution is 6.30. The molecule has 1 saturated heterocycles. The van der Waals surface area contributed by atoms with Crippen molar-refractivity contribution in [1.29, 1.82) is 0 Å². The van der Waals surface area contributed by atoms with Crippen molar-refractivity contribution in [2.45, 2.75) is 20.4 Å². The molecule has 1 aromatic heterocycles. The monoisotopic (exact) mass is 304 g/mol. The summed E-state index contributed by atoms with van der Waals surface area (Å²) < 4.78 is 5.77. The van der Waals surface area contributed by atoms with Crippen molar-refractivity contribution in [3.05, 3.63) is 52.4 Å². The van der Waals surface area contributed by atoms with Crippen LogP contribution >= 0.6 is 11.6 Å². The summed E-state index contributed by atoms with van der Waals surface area (Å²) in [4.78, 5) is 4.83. The second-order valence-corrected chi connectivity index (χ2v) is 6.13. The predicted octanol–water partition coefficient (Wildman–Crippen LogP) is 3.87. The Balaban J connectivity index is 1.57. The molecular weight excluding hydrogens is 284 g/mol. The number of benzene rings is 1. The molecule has 112 valence electrons. The molecule has 1 aromatic carbocycles. The predicted molar refractivity (Wildman–Crippen MR) is 87.1 cm³/mol. The Kier molecular flexibility index (Phi) is 4.22. The van der Waals surface area contributed by atoms with Crippen molar-refractivity contribution in [3.63, 3.8) is 0 Å². The average molecular weight is 305 g/mol. The number of piperazine rings is 1. The lowest BCUT2D eigenvalue weighted by Crippen LogP contribution is -2.45. The molecule has 0 unspecified atom stereocenters.